The molecule has 2 heteroatoms. The molecule has 0 fully saturated rings. The van der Waals surface area contributed by atoms with Crippen LogP contribution < -0.4 is 0 Å². The Morgan fingerprint density at radius 3 is 1.81 bits per heavy atom. The average molecular weight is 296 g/mol. The second-order valence-electron chi connectivity index (χ2n) is 5.60. The molecule has 0 aliphatic carbocycles. The van der Waals surface area contributed by atoms with Crippen molar-refractivity contribution in [2.45, 2.75) is 83.8 Å². The van der Waals surface area contributed by atoms with Crippen molar-refractivity contribution >= 4 is 0 Å². The van der Waals surface area contributed by atoms with Crippen molar-refractivity contribution in [3.63, 3.8) is 0 Å². The molecular formula is C19H36O2. The van der Waals surface area contributed by atoms with Gasteiger partial charge in [-0.15, -0.1) is 0 Å². The van der Waals surface area contributed by atoms with Crippen LogP contribution in [0, 0.1) is 0 Å². The Balaban J connectivity index is 3.24. The van der Waals surface area contributed by atoms with E-state index in [1.54, 1.807) is 14.2 Å². The van der Waals surface area contributed by atoms with Crippen LogP contribution >= 0.6 is 0 Å². The smallest absolute Gasteiger partial charge is 0.156 e. The first-order valence-corrected chi connectivity index (χ1v) is 8.72. The molecule has 0 bridgehead atoms. The highest BCUT2D eigenvalue weighted by Gasteiger charge is 2.03. The number of ether oxygens (including phenoxy) is 2. The molecule has 0 amide bonds. The fourth-order valence-electron chi connectivity index (χ4n) is 2.30. The van der Waals surface area contributed by atoms with E-state index in [0.717, 1.165) is 6.42 Å². The summed E-state index contributed by atoms with van der Waals surface area (Å²) < 4.78 is 10.4. The molecule has 0 heterocycles. The predicted molar refractivity (Wildman–Crippen MR) is 92.5 cm³/mol. The van der Waals surface area contributed by atoms with Gasteiger partial charge in [0.25, 0.3) is 0 Å². The van der Waals surface area contributed by atoms with Crippen molar-refractivity contribution in [3.05, 3.63) is 24.3 Å². The monoisotopic (exact) mass is 296 g/mol. The second-order valence-corrected chi connectivity index (χ2v) is 5.60. The van der Waals surface area contributed by atoms with Gasteiger partial charge in [0.1, 0.15) is 0 Å². The molecule has 0 spiro atoms. The minimum Gasteiger partial charge on any atom is -0.356 e. The van der Waals surface area contributed by atoms with Gasteiger partial charge in [0.2, 0.25) is 0 Å². The highest BCUT2D eigenvalue weighted by atomic mass is 16.7. The molecule has 2 nitrogen and oxygen atoms in total. The van der Waals surface area contributed by atoms with E-state index in [0.29, 0.717) is 0 Å². The van der Waals surface area contributed by atoms with Crippen LogP contribution in [0.5, 0.6) is 0 Å². The maximum Gasteiger partial charge on any atom is 0.156 e. The Morgan fingerprint density at radius 2 is 1.24 bits per heavy atom. The standard InChI is InChI=1S/C19H36O2/c1-4-5-6-7-8-9-10-11-12-13-14-15-16-17-18-19(20-2)21-3/h8-11,19H,4-7,12-18H2,1-3H3. The molecule has 0 aromatic rings. The Bertz CT molecular complexity index is 242. The van der Waals surface area contributed by atoms with Crippen LogP contribution in [0.1, 0.15) is 77.6 Å². The Hall–Kier alpha value is -0.600. The number of hydrogen-bond donors (Lipinski definition) is 0. The first kappa shape index (κ1) is 20.4. The zero-order chi connectivity index (χ0) is 15.6. The first-order valence-electron chi connectivity index (χ1n) is 8.72. The third-order valence-electron chi connectivity index (χ3n) is 3.69. The lowest BCUT2D eigenvalue weighted by Crippen LogP contribution is -2.12. The zero-order valence-electron chi connectivity index (χ0n) is 14.5. The van der Waals surface area contributed by atoms with Gasteiger partial charge in [-0.25, -0.2) is 0 Å². The summed E-state index contributed by atoms with van der Waals surface area (Å²) in [7, 11) is 3.41. The zero-order valence-corrected chi connectivity index (χ0v) is 14.5. The molecule has 124 valence electrons. The lowest BCUT2D eigenvalue weighted by atomic mass is 10.1. The van der Waals surface area contributed by atoms with Gasteiger partial charge in [-0.1, -0.05) is 63.3 Å². The molecule has 0 rings (SSSR count). The summed E-state index contributed by atoms with van der Waals surface area (Å²) in [6, 6.07) is 0. The fourth-order valence-corrected chi connectivity index (χ4v) is 2.30. The summed E-state index contributed by atoms with van der Waals surface area (Å²) in [4.78, 5) is 0. The maximum absolute atomic E-state index is 5.18. The molecule has 0 unspecified atom stereocenters. The predicted octanol–water partition coefficient (Wildman–Crippen LogP) is 6.03. The van der Waals surface area contributed by atoms with E-state index < -0.39 is 0 Å². The first-order chi connectivity index (χ1) is 10.3. The maximum atomic E-state index is 5.18. The third kappa shape index (κ3) is 15.6. The molecule has 0 saturated carbocycles. The normalized spacial score (nSPS) is 12.2. The molecule has 0 radical (unpaired) electrons. The van der Waals surface area contributed by atoms with Gasteiger partial charge in [0.15, 0.2) is 6.29 Å². The van der Waals surface area contributed by atoms with E-state index in [4.69, 9.17) is 9.47 Å². The van der Waals surface area contributed by atoms with E-state index in [2.05, 4.69) is 31.2 Å². The molecule has 0 aromatic carbocycles. The van der Waals surface area contributed by atoms with E-state index in [-0.39, 0.29) is 6.29 Å². The lowest BCUT2D eigenvalue weighted by Gasteiger charge is -2.12. The number of unbranched alkanes of at least 4 members (excludes halogenated alkanes) is 8. The van der Waals surface area contributed by atoms with Gasteiger partial charge in [-0.05, 0) is 38.5 Å². The topological polar surface area (TPSA) is 18.5 Å². The van der Waals surface area contributed by atoms with Crippen LogP contribution in [0.4, 0.5) is 0 Å². The summed E-state index contributed by atoms with van der Waals surface area (Å²) in [5.74, 6) is 0. The summed E-state index contributed by atoms with van der Waals surface area (Å²) in [5, 5.41) is 0. The van der Waals surface area contributed by atoms with Crippen molar-refractivity contribution in [2.75, 3.05) is 14.2 Å². The van der Waals surface area contributed by atoms with Crippen molar-refractivity contribution < 1.29 is 9.47 Å². The molecule has 0 aliphatic heterocycles. The summed E-state index contributed by atoms with van der Waals surface area (Å²) in [5.41, 5.74) is 0. The van der Waals surface area contributed by atoms with Crippen LogP contribution in [0.2, 0.25) is 0 Å². The molecule has 21 heavy (non-hydrogen) atoms. The Labute approximate surface area is 132 Å². The van der Waals surface area contributed by atoms with Crippen LogP contribution in [-0.4, -0.2) is 20.5 Å². The van der Waals surface area contributed by atoms with Gasteiger partial charge >= 0.3 is 0 Å². The molecule has 0 aliphatic rings. The summed E-state index contributed by atoms with van der Waals surface area (Å²) >= 11 is 0. The number of hydrogen-bond acceptors (Lipinski definition) is 2. The van der Waals surface area contributed by atoms with Crippen molar-refractivity contribution in [1.82, 2.24) is 0 Å². The van der Waals surface area contributed by atoms with Crippen molar-refractivity contribution in [1.29, 1.82) is 0 Å². The van der Waals surface area contributed by atoms with Gasteiger partial charge in [-0.2, -0.15) is 0 Å². The summed E-state index contributed by atoms with van der Waals surface area (Å²) in [6.07, 6.45) is 22.8. The van der Waals surface area contributed by atoms with Crippen LogP contribution in [0.3, 0.4) is 0 Å². The molecule has 0 aromatic heterocycles. The van der Waals surface area contributed by atoms with Crippen molar-refractivity contribution in [2.24, 2.45) is 0 Å². The molecule has 0 saturated heterocycles. The molecular weight excluding hydrogens is 260 g/mol. The SMILES string of the molecule is CCCCCC=CC=CCCCCCCCC(OC)OC. The molecule has 0 N–H and O–H groups in total. The van der Waals surface area contributed by atoms with Crippen LogP contribution in [-0.2, 0) is 9.47 Å². The van der Waals surface area contributed by atoms with Gasteiger partial charge in [0, 0.05) is 14.2 Å². The van der Waals surface area contributed by atoms with E-state index in [1.165, 1.54) is 64.2 Å². The largest absolute Gasteiger partial charge is 0.356 e. The Kier molecular flexibility index (Phi) is 17.0. The average Bonchev–Trinajstić information content (AvgIpc) is 2.51. The van der Waals surface area contributed by atoms with Crippen LogP contribution in [0.15, 0.2) is 24.3 Å². The van der Waals surface area contributed by atoms with E-state index >= 15 is 0 Å². The number of allylic oxidation sites excluding steroid dienone is 4. The van der Waals surface area contributed by atoms with Crippen LogP contribution in [0.25, 0.3) is 0 Å². The quantitative estimate of drug-likeness (QED) is 0.209. The number of methoxy groups -OCH3 is 2. The Morgan fingerprint density at radius 1 is 0.714 bits per heavy atom. The summed E-state index contributed by atoms with van der Waals surface area (Å²) in [6.45, 7) is 2.25. The van der Waals surface area contributed by atoms with Gasteiger partial charge in [-0.3, -0.25) is 0 Å². The molecule has 0 atom stereocenters. The minimum absolute atomic E-state index is 0.0166. The fraction of sp³-hybridized carbons (Fsp3) is 0.789. The number of rotatable bonds is 15. The highest BCUT2D eigenvalue weighted by molar-refractivity contribution is 5.02. The van der Waals surface area contributed by atoms with E-state index in [9.17, 15) is 0 Å². The van der Waals surface area contributed by atoms with E-state index in [1.807, 2.05) is 0 Å². The van der Waals surface area contributed by atoms with Gasteiger partial charge in [0.05, 0.1) is 0 Å². The van der Waals surface area contributed by atoms with Gasteiger partial charge < -0.3 is 9.47 Å². The minimum atomic E-state index is -0.0166. The highest BCUT2D eigenvalue weighted by Crippen LogP contribution is 2.10. The third-order valence-corrected chi connectivity index (χ3v) is 3.69. The lowest BCUT2D eigenvalue weighted by molar-refractivity contribution is -0.107. The van der Waals surface area contributed by atoms with Crippen molar-refractivity contribution in [3.8, 4) is 0 Å². The second kappa shape index (κ2) is 17.5.